The Morgan fingerprint density at radius 1 is 0.778 bits per heavy atom. The maximum Gasteiger partial charge on any atom is 0.364 e. The van der Waals surface area contributed by atoms with Gasteiger partial charge in [-0.25, -0.2) is 4.79 Å². The minimum atomic E-state index is -0.813. The first-order chi connectivity index (χ1) is 13.1. The van der Waals surface area contributed by atoms with E-state index in [1.165, 1.54) is 18.2 Å². The van der Waals surface area contributed by atoms with E-state index in [1.54, 1.807) is 24.3 Å². The van der Waals surface area contributed by atoms with Crippen LogP contribution in [0.5, 0.6) is 0 Å². The van der Waals surface area contributed by atoms with E-state index in [0.29, 0.717) is 16.2 Å². The van der Waals surface area contributed by atoms with E-state index in [4.69, 9.17) is 9.25 Å². The minimum Gasteiger partial charge on any atom is -0.456 e. The molecule has 1 aromatic heterocycles. The highest BCUT2D eigenvalue weighted by Crippen LogP contribution is 2.29. The third kappa shape index (κ3) is 2.23. The number of nitrogens with zero attached hydrogens (tertiary/aromatic N) is 1. The largest absolute Gasteiger partial charge is 0.456 e. The fourth-order valence-electron chi connectivity index (χ4n) is 3.24. The molecular formula is C21H11NO5. The average molecular weight is 357 g/mol. The van der Waals surface area contributed by atoms with E-state index in [9.17, 15) is 14.4 Å². The zero-order valence-electron chi connectivity index (χ0n) is 13.8. The lowest BCUT2D eigenvalue weighted by Gasteiger charge is -2.12. The lowest BCUT2D eigenvalue weighted by molar-refractivity contribution is -0.0584. The summed E-state index contributed by atoms with van der Waals surface area (Å²) in [6.07, 6.45) is 0. The molecule has 0 unspecified atom stereocenters. The van der Waals surface area contributed by atoms with Gasteiger partial charge < -0.3 is 9.25 Å². The Labute approximate surface area is 152 Å². The van der Waals surface area contributed by atoms with Crippen LogP contribution in [0.3, 0.4) is 0 Å². The SMILES string of the molecule is O=C(ON1C(=O)c2ccccc2C1=O)c1ccc2c(c1)oc1ccccc12. The second-order valence-electron chi connectivity index (χ2n) is 6.14. The van der Waals surface area contributed by atoms with Gasteiger partial charge in [0, 0.05) is 10.8 Å². The number of hydrogen-bond acceptors (Lipinski definition) is 5. The van der Waals surface area contributed by atoms with Crippen LogP contribution in [0.2, 0.25) is 0 Å². The number of rotatable bonds is 2. The number of fused-ring (bicyclic) bond motifs is 4. The first-order valence-electron chi connectivity index (χ1n) is 8.25. The van der Waals surface area contributed by atoms with Crippen molar-refractivity contribution in [3.63, 3.8) is 0 Å². The molecule has 27 heavy (non-hydrogen) atoms. The highest BCUT2D eigenvalue weighted by molar-refractivity contribution is 6.21. The Hall–Kier alpha value is -3.93. The van der Waals surface area contributed by atoms with Gasteiger partial charge in [0.1, 0.15) is 11.2 Å². The number of imide groups is 1. The van der Waals surface area contributed by atoms with Gasteiger partial charge in [0.2, 0.25) is 0 Å². The van der Waals surface area contributed by atoms with Crippen LogP contribution in [-0.4, -0.2) is 22.8 Å². The Morgan fingerprint density at radius 2 is 1.41 bits per heavy atom. The van der Waals surface area contributed by atoms with E-state index in [-0.39, 0.29) is 16.7 Å². The standard InChI is InChI=1S/C21H11NO5/c23-19-15-6-1-2-7-16(15)20(24)22(19)27-21(25)12-9-10-14-13-5-3-4-8-17(13)26-18(14)11-12/h1-11H. The molecule has 0 saturated heterocycles. The van der Waals surface area contributed by atoms with Crippen molar-refractivity contribution in [3.05, 3.63) is 83.4 Å². The summed E-state index contributed by atoms with van der Waals surface area (Å²) in [6.45, 7) is 0. The van der Waals surface area contributed by atoms with Crippen LogP contribution in [0.1, 0.15) is 31.1 Å². The van der Waals surface area contributed by atoms with Crippen LogP contribution < -0.4 is 0 Å². The number of amides is 2. The molecule has 0 spiro atoms. The molecule has 0 bridgehead atoms. The molecular weight excluding hydrogens is 346 g/mol. The molecule has 0 saturated carbocycles. The topological polar surface area (TPSA) is 76.8 Å². The fourth-order valence-corrected chi connectivity index (χ4v) is 3.24. The van der Waals surface area contributed by atoms with E-state index in [1.807, 2.05) is 24.3 Å². The van der Waals surface area contributed by atoms with Crippen LogP contribution in [0, 0.1) is 0 Å². The number of hydroxylamine groups is 2. The molecule has 3 aromatic carbocycles. The lowest BCUT2D eigenvalue weighted by Crippen LogP contribution is -2.32. The molecule has 2 heterocycles. The van der Waals surface area contributed by atoms with Crippen LogP contribution in [0.4, 0.5) is 0 Å². The molecule has 0 N–H and O–H groups in total. The van der Waals surface area contributed by atoms with Gasteiger partial charge in [-0.3, -0.25) is 9.59 Å². The maximum atomic E-state index is 12.5. The number of carbonyl (C=O) groups is 3. The third-order valence-electron chi connectivity index (χ3n) is 4.55. The number of hydrogen-bond donors (Lipinski definition) is 0. The normalized spacial score (nSPS) is 13.4. The van der Waals surface area contributed by atoms with Crippen molar-refractivity contribution < 1.29 is 23.6 Å². The molecule has 2 amide bonds. The zero-order valence-corrected chi connectivity index (χ0v) is 13.8. The number of carbonyl (C=O) groups excluding carboxylic acids is 3. The molecule has 6 nitrogen and oxygen atoms in total. The smallest absolute Gasteiger partial charge is 0.364 e. The second kappa shape index (κ2) is 5.54. The van der Waals surface area contributed by atoms with E-state index < -0.39 is 17.8 Å². The van der Waals surface area contributed by atoms with Gasteiger partial charge in [0.05, 0.1) is 16.7 Å². The minimum absolute atomic E-state index is 0.179. The molecule has 5 rings (SSSR count). The van der Waals surface area contributed by atoms with Crippen LogP contribution >= 0.6 is 0 Å². The number of para-hydroxylation sites is 1. The summed E-state index contributed by atoms with van der Waals surface area (Å²) in [5.41, 5.74) is 1.83. The Bertz CT molecular complexity index is 1240. The zero-order chi connectivity index (χ0) is 18.5. The molecule has 4 aromatic rings. The summed E-state index contributed by atoms with van der Waals surface area (Å²) in [4.78, 5) is 42.2. The van der Waals surface area contributed by atoms with Crippen molar-refractivity contribution in [3.8, 4) is 0 Å². The van der Waals surface area contributed by atoms with Gasteiger partial charge in [-0.1, -0.05) is 35.4 Å². The summed E-state index contributed by atoms with van der Waals surface area (Å²) in [6, 6.07) is 18.7. The van der Waals surface area contributed by atoms with Crippen molar-refractivity contribution >= 4 is 39.7 Å². The highest BCUT2D eigenvalue weighted by atomic mass is 16.7. The van der Waals surface area contributed by atoms with Crippen LogP contribution in [0.25, 0.3) is 21.9 Å². The Kier molecular flexibility index (Phi) is 3.14. The Morgan fingerprint density at radius 3 is 2.15 bits per heavy atom. The first-order valence-corrected chi connectivity index (χ1v) is 8.25. The van der Waals surface area contributed by atoms with E-state index in [0.717, 1.165) is 10.8 Å². The second-order valence-corrected chi connectivity index (χ2v) is 6.14. The molecule has 6 heteroatoms. The predicted molar refractivity (Wildman–Crippen MR) is 96.1 cm³/mol. The average Bonchev–Trinajstić information content (AvgIpc) is 3.18. The first kappa shape index (κ1) is 15.3. The van der Waals surface area contributed by atoms with Gasteiger partial charge in [0.15, 0.2) is 0 Å². The maximum absolute atomic E-state index is 12.5. The monoisotopic (exact) mass is 357 g/mol. The quantitative estimate of drug-likeness (QED) is 0.508. The van der Waals surface area contributed by atoms with Gasteiger partial charge in [-0.15, -0.1) is 0 Å². The molecule has 0 fully saturated rings. The summed E-state index contributed by atoms with van der Waals surface area (Å²) < 4.78 is 5.75. The van der Waals surface area contributed by atoms with Crippen LogP contribution in [-0.2, 0) is 4.84 Å². The van der Waals surface area contributed by atoms with Gasteiger partial charge in [0.25, 0.3) is 11.8 Å². The number of furan rings is 1. The van der Waals surface area contributed by atoms with E-state index in [2.05, 4.69) is 0 Å². The van der Waals surface area contributed by atoms with Crippen LogP contribution in [0.15, 0.2) is 71.1 Å². The highest BCUT2D eigenvalue weighted by Gasteiger charge is 2.38. The summed E-state index contributed by atoms with van der Waals surface area (Å²) in [5.74, 6) is -2.13. The van der Waals surface area contributed by atoms with Crippen molar-refractivity contribution in [2.24, 2.45) is 0 Å². The molecule has 1 aliphatic heterocycles. The van der Waals surface area contributed by atoms with Gasteiger partial charge >= 0.3 is 5.97 Å². The Balaban J connectivity index is 1.47. The molecule has 0 aliphatic carbocycles. The third-order valence-corrected chi connectivity index (χ3v) is 4.55. The summed E-state index contributed by atoms with van der Waals surface area (Å²) in [7, 11) is 0. The molecule has 1 aliphatic rings. The fraction of sp³-hybridized carbons (Fsp3) is 0. The van der Waals surface area contributed by atoms with Crippen molar-refractivity contribution in [1.29, 1.82) is 0 Å². The van der Waals surface area contributed by atoms with Crippen molar-refractivity contribution in [1.82, 2.24) is 5.06 Å². The summed E-state index contributed by atoms with van der Waals surface area (Å²) in [5, 5.41) is 2.30. The van der Waals surface area contributed by atoms with Gasteiger partial charge in [-0.2, -0.15) is 0 Å². The lowest BCUT2D eigenvalue weighted by atomic mass is 10.1. The van der Waals surface area contributed by atoms with Gasteiger partial charge in [-0.05, 0) is 36.4 Å². The van der Waals surface area contributed by atoms with Crippen molar-refractivity contribution in [2.75, 3.05) is 0 Å². The molecule has 0 atom stereocenters. The predicted octanol–water partition coefficient (Wildman–Crippen LogP) is 3.95. The molecule has 130 valence electrons. The summed E-state index contributed by atoms with van der Waals surface area (Å²) >= 11 is 0. The molecule has 0 radical (unpaired) electrons. The van der Waals surface area contributed by atoms with E-state index >= 15 is 0 Å². The van der Waals surface area contributed by atoms with Crippen molar-refractivity contribution in [2.45, 2.75) is 0 Å². The number of benzene rings is 3.